The van der Waals surface area contributed by atoms with Gasteiger partial charge in [0.05, 0.1) is 12.2 Å². The molecule has 0 amide bonds. The van der Waals surface area contributed by atoms with E-state index in [4.69, 9.17) is 4.74 Å². The van der Waals surface area contributed by atoms with Gasteiger partial charge in [-0.25, -0.2) is 4.39 Å². The third-order valence-electron chi connectivity index (χ3n) is 3.17. The number of likely N-dealkylation sites (tertiary alicyclic amines) is 1. The zero-order chi connectivity index (χ0) is 12.8. The van der Waals surface area contributed by atoms with E-state index in [-0.39, 0.29) is 5.56 Å². The van der Waals surface area contributed by atoms with Crippen molar-refractivity contribution in [1.82, 2.24) is 4.90 Å². The van der Waals surface area contributed by atoms with Crippen LogP contribution < -0.4 is 4.74 Å². The maximum atomic E-state index is 12.9. The average Bonchev–Trinajstić information content (AvgIpc) is 2.89. The summed E-state index contributed by atoms with van der Waals surface area (Å²) in [5.41, 5.74) is 0.274. The first kappa shape index (κ1) is 13.0. The molecule has 1 aliphatic rings. The first-order valence-electron chi connectivity index (χ1n) is 6.39. The molecule has 0 aliphatic carbocycles. The summed E-state index contributed by atoms with van der Waals surface area (Å²) in [5.74, 6) is 0.0503. The summed E-state index contributed by atoms with van der Waals surface area (Å²) in [6.07, 6.45) is 4.12. The molecule has 0 spiro atoms. The van der Waals surface area contributed by atoms with Gasteiger partial charge in [0.2, 0.25) is 0 Å². The van der Waals surface area contributed by atoms with Crippen LogP contribution in [0.4, 0.5) is 4.39 Å². The number of carbonyl (C=O) groups is 1. The van der Waals surface area contributed by atoms with Crippen molar-refractivity contribution < 1.29 is 13.9 Å². The van der Waals surface area contributed by atoms with Crippen LogP contribution in [-0.2, 0) is 0 Å². The maximum absolute atomic E-state index is 12.9. The highest BCUT2D eigenvalue weighted by Crippen LogP contribution is 2.18. The lowest BCUT2D eigenvalue weighted by atomic mass is 10.2. The van der Waals surface area contributed by atoms with Gasteiger partial charge in [-0.15, -0.1) is 0 Å². The molecule has 1 fully saturated rings. The second-order valence-corrected chi connectivity index (χ2v) is 4.55. The van der Waals surface area contributed by atoms with Gasteiger partial charge in [0.25, 0.3) is 0 Å². The van der Waals surface area contributed by atoms with E-state index in [0.29, 0.717) is 18.6 Å². The number of ether oxygens (including phenoxy) is 1. The number of nitrogens with zero attached hydrogens (tertiary/aromatic N) is 1. The molecule has 0 saturated carbocycles. The summed E-state index contributed by atoms with van der Waals surface area (Å²) in [7, 11) is 0. The van der Waals surface area contributed by atoms with Gasteiger partial charge in [-0.2, -0.15) is 0 Å². The van der Waals surface area contributed by atoms with E-state index in [1.165, 1.54) is 44.1 Å². The second kappa shape index (κ2) is 6.50. The van der Waals surface area contributed by atoms with Crippen LogP contribution in [0.2, 0.25) is 0 Å². The molecule has 4 heteroatoms. The Labute approximate surface area is 107 Å². The van der Waals surface area contributed by atoms with E-state index in [0.717, 1.165) is 13.0 Å². The molecule has 98 valence electrons. The number of aldehydes is 1. The Morgan fingerprint density at radius 2 is 2.11 bits per heavy atom. The van der Waals surface area contributed by atoms with Crippen molar-refractivity contribution >= 4 is 6.29 Å². The molecule has 2 rings (SSSR count). The van der Waals surface area contributed by atoms with Gasteiger partial charge in [-0.1, -0.05) is 0 Å². The third kappa shape index (κ3) is 3.53. The Kier molecular flexibility index (Phi) is 4.70. The maximum Gasteiger partial charge on any atom is 0.153 e. The zero-order valence-corrected chi connectivity index (χ0v) is 10.4. The molecule has 18 heavy (non-hydrogen) atoms. The molecule has 0 N–H and O–H groups in total. The zero-order valence-electron chi connectivity index (χ0n) is 10.4. The van der Waals surface area contributed by atoms with E-state index in [2.05, 4.69) is 4.90 Å². The Bertz CT molecular complexity index is 403. The summed E-state index contributed by atoms with van der Waals surface area (Å²) < 4.78 is 18.4. The molecule has 0 atom stereocenters. The van der Waals surface area contributed by atoms with Crippen molar-refractivity contribution in [3.8, 4) is 5.75 Å². The van der Waals surface area contributed by atoms with Crippen LogP contribution in [0.3, 0.4) is 0 Å². The molecule has 0 aromatic heterocycles. The predicted molar refractivity (Wildman–Crippen MR) is 67.6 cm³/mol. The highest BCUT2D eigenvalue weighted by molar-refractivity contribution is 5.79. The summed E-state index contributed by atoms with van der Waals surface area (Å²) in [6.45, 7) is 3.94. The molecule has 1 aliphatic heterocycles. The smallest absolute Gasteiger partial charge is 0.153 e. The van der Waals surface area contributed by atoms with Gasteiger partial charge in [0.1, 0.15) is 11.6 Å². The van der Waals surface area contributed by atoms with Crippen LogP contribution in [0, 0.1) is 5.82 Å². The number of hydrogen-bond acceptors (Lipinski definition) is 3. The quantitative estimate of drug-likeness (QED) is 0.574. The number of halogens is 1. The fraction of sp³-hybridized carbons (Fsp3) is 0.500. The standard InChI is InChI=1S/C14H18FNO2/c15-13-4-5-14(12(10-13)11-17)18-9-3-8-16-6-1-2-7-16/h4-5,10-11H,1-3,6-9H2. The summed E-state index contributed by atoms with van der Waals surface area (Å²) in [5, 5.41) is 0. The van der Waals surface area contributed by atoms with Crippen LogP contribution in [0.1, 0.15) is 29.6 Å². The van der Waals surface area contributed by atoms with E-state index < -0.39 is 5.82 Å². The minimum Gasteiger partial charge on any atom is -0.493 e. The number of rotatable bonds is 6. The van der Waals surface area contributed by atoms with Gasteiger partial charge in [-0.3, -0.25) is 4.79 Å². The minimum atomic E-state index is -0.415. The fourth-order valence-electron chi connectivity index (χ4n) is 2.22. The van der Waals surface area contributed by atoms with Crippen LogP contribution in [0.25, 0.3) is 0 Å². The molecule has 0 bridgehead atoms. The SMILES string of the molecule is O=Cc1cc(F)ccc1OCCCN1CCCC1. The average molecular weight is 251 g/mol. The first-order chi connectivity index (χ1) is 8.79. The van der Waals surface area contributed by atoms with Crippen molar-refractivity contribution in [2.75, 3.05) is 26.2 Å². The minimum absolute atomic E-state index is 0.274. The predicted octanol–water partition coefficient (Wildman–Crippen LogP) is 2.50. The summed E-state index contributed by atoms with van der Waals surface area (Å²) in [4.78, 5) is 13.2. The highest BCUT2D eigenvalue weighted by Gasteiger charge is 2.10. The van der Waals surface area contributed by atoms with Crippen molar-refractivity contribution in [3.05, 3.63) is 29.6 Å². The summed E-state index contributed by atoms with van der Waals surface area (Å²) in [6, 6.07) is 4.01. The van der Waals surface area contributed by atoms with Crippen LogP contribution in [0.5, 0.6) is 5.75 Å². The number of carbonyl (C=O) groups excluding carboxylic acids is 1. The Morgan fingerprint density at radius 3 is 2.83 bits per heavy atom. The van der Waals surface area contributed by atoms with Gasteiger partial charge in [0.15, 0.2) is 6.29 Å². The lowest BCUT2D eigenvalue weighted by molar-refractivity contribution is 0.111. The highest BCUT2D eigenvalue weighted by atomic mass is 19.1. The van der Waals surface area contributed by atoms with E-state index in [9.17, 15) is 9.18 Å². The second-order valence-electron chi connectivity index (χ2n) is 4.55. The molecule has 3 nitrogen and oxygen atoms in total. The molecule has 0 radical (unpaired) electrons. The van der Waals surface area contributed by atoms with Crippen LogP contribution >= 0.6 is 0 Å². The number of benzene rings is 1. The first-order valence-corrected chi connectivity index (χ1v) is 6.39. The lowest BCUT2D eigenvalue weighted by Gasteiger charge is -2.14. The summed E-state index contributed by atoms with van der Waals surface area (Å²) >= 11 is 0. The number of hydrogen-bond donors (Lipinski definition) is 0. The molecule has 1 heterocycles. The van der Waals surface area contributed by atoms with Crippen molar-refractivity contribution in [2.24, 2.45) is 0 Å². The topological polar surface area (TPSA) is 29.5 Å². The Balaban J connectivity index is 1.77. The normalized spacial score (nSPS) is 15.8. The van der Waals surface area contributed by atoms with Crippen molar-refractivity contribution in [3.63, 3.8) is 0 Å². The van der Waals surface area contributed by atoms with Crippen LogP contribution in [0.15, 0.2) is 18.2 Å². The molecule has 0 unspecified atom stereocenters. The van der Waals surface area contributed by atoms with E-state index in [1.807, 2.05) is 0 Å². The Hall–Kier alpha value is -1.42. The molecular weight excluding hydrogens is 233 g/mol. The van der Waals surface area contributed by atoms with Crippen LogP contribution in [-0.4, -0.2) is 37.4 Å². The lowest BCUT2D eigenvalue weighted by Crippen LogP contribution is -2.22. The largest absolute Gasteiger partial charge is 0.493 e. The van der Waals surface area contributed by atoms with Gasteiger partial charge in [-0.05, 0) is 50.6 Å². The van der Waals surface area contributed by atoms with Gasteiger partial charge < -0.3 is 9.64 Å². The fourth-order valence-corrected chi connectivity index (χ4v) is 2.22. The van der Waals surface area contributed by atoms with E-state index >= 15 is 0 Å². The monoisotopic (exact) mass is 251 g/mol. The third-order valence-corrected chi connectivity index (χ3v) is 3.17. The molecule has 1 aromatic rings. The molecular formula is C14H18FNO2. The Morgan fingerprint density at radius 1 is 1.33 bits per heavy atom. The van der Waals surface area contributed by atoms with Gasteiger partial charge in [0, 0.05) is 6.54 Å². The molecule has 1 aromatic carbocycles. The van der Waals surface area contributed by atoms with Gasteiger partial charge >= 0.3 is 0 Å². The molecule has 1 saturated heterocycles. The van der Waals surface area contributed by atoms with Crippen molar-refractivity contribution in [2.45, 2.75) is 19.3 Å². The van der Waals surface area contributed by atoms with E-state index in [1.54, 1.807) is 0 Å². The van der Waals surface area contributed by atoms with Crippen molar-refractivity contribution in [1.29, 1.82) is 0 Å².